The van der Waals surface area contributed by atoms with Gasteiger partial charge in [-0.25, -0.2) is 8.78 Å². The van der Waals surface area contributed by atoms with E-state index < -0.39 is 12.3 Å². The summed E-state index contributed by atoms with van der Waals surface area (Å²) in [4.78, 5) is 2.60. The first kappa shape index (κ1) is 22.0. The molecule has 0 heterocycles. The fourth-order valence-corrected chi connectivity index (χ4v) is 4.63. The molecule has 3 atom stereocenters. The molecule has 0 saturated heterocycles. The number of hydrogen-bond donors (Lipinski definition) is 0. The van der Waals surface area contributed by atoms with Crippen molar-refractivity contribution in [3.05, 3.63) is 71.3 Å². The fraction of sp³-hybridized carbons (Fsp3) is 0.538. The zero-order valence-corrected chi connectivity index (χ0v) is 18.0. The van der Waals surface area contributed by atoms with Crippen LogP contribution in [0, 0.1) is 0 Å². The lowest BCUT2D eigenvalue weighted by Crippen LogP contribution is -2.39. The van der Waals surface area contributed by atoms with Gasteiger partial charge in [-0.1, -0.05) is 61.5 Å². The van der Waals surface area contributed by atoms with Gasteiger partial charge in [0.25, 0.3) is 0 Å². The molecular weight excluding hydrogens is 364 g/mol. The third-order valence-corrected chi connectivity index (χ3v) is 6.44. The van der Waals surface area contributed by atoms with Crippen molar-refractivity contribution >= 4 is 0 Å². The van der Waals surface area contributed by atoms with E-state index in [2.05, 4.69) is 80.3 Å². The number of alkyl halides is 2. The maximum absolute atomic E-state index is 13.5. The van der Waals surface area contributed by atoms with E-state index in [1.54, 1.807) is 0 Å². The maximum atomic E-state index is 13.5. The smallest absolute Gasteiger partial charge is 0.132 e. The Morgan fingerprint density at radius 2 is 1.52 bits per heavy atom. The summed E-state index contributed by atoms with van der Waals surface area (Å²) in [5.74, 6) is 0.0275. The lowest BCUT2D eigenvalue weighted by atomic mass is 9.94. The van der Waals surface area contributed by atoms with E-state index >= 15 is 0 Å². The summed E-state index contributed by atoms with van der Waals surface area (Å²) in [5.41, 5.74) is 3.75. The van der Waals surface area contributed by atoms with Crippen LogP contribution in [-0.4, -0.2) is 29.3 Å². The summed E-state index contributed by atoms with van der Waals surface area (Å²) in [5, 5.41) is 0. The molecule has 1 aliphatic rings. The van der Waals surface area contributed by atoms with E-state index in [0.29, 0.717) is 24.9 Å². The van der Waals surface area contributed by atoms with Gasteiger partial charge in [-0.05, 0) is 68.6 Å². The highest BCUT2D eigenvalue weighted by Gasteiger charge is 2.35. The zero-order valence-electron chi connectivity index (χ0n) is 18.0. The van der Waals surface area contributed by atoms with Gasteiger partial charge in [0.2, 0.25) is 0 Å². The SMILES string of the molecule is CCC(CCc1ccc(C2CC(F)C(F)C2)cc1)N(Cc1ccccc1)C(C)C. The molecule has 3 rings (SSSR count). The van der Waals surface area contributed by atoms with Crippen molar-refractivity contribution in [1.82, 2.24) is 4.90 Å². The summed E-state index contributed by atoms with van der Waals surface area (Å²) in [6.07, 6.45) is 1.32. The molecule has 2 aromatic carbocycles. The second kappa shape index (κ2) is 10.3. The van der Waals surface area contributed by atoms with Gasteiger partial charge in [-0.15, -0.1) is 0 Å². The van der Waals surface area contributed by atoms with Crippen LogP contribution < -0.4 is 0 Å². The lowest BCUT2D eigenvalue weighted by molar-refractivity contribution is 0.132. The van der Waals surface area contributed by atoms with Gasteiger partial charge in [0.1, 0.15) is 12.3 Å². The van der Waals surface area contributed by atoms with Gasteiger partial charge >= 0.3 is 0 Å². The quantitative estimate of drug-likeness (QED) is 0.445. The third-order valence-electron chi connectivity index (χ3n) is 6.44. The molecule has 1 aliphatic carbocycles. The van der Waals surface area contributed by atoms with Gasteiger partial charge in [0.15, 0.2) is 0 Å². The number of rotatable bonds is 9. The van der Waals surface area contributed by atoms with Crippen LogP contribution >= 0.6 is 0 Å². The largest absolute Gasteiger partial charge is 0.294 e. The van der Waals surface area contributed by atoms with Crippen molar-refractivity contribution in [1.29, 1.82) is 0 Å². The highest BCUT2D eigenvalue weighted by atomic mass is 19.2. The second-order valence-electron chi connectivity index (χ2n) is 8.79. The molecule has 1 fully saturated rings. The van der Waals surface area contributed by atoms with Crippen molar-refractivity contribution in [2.75, 3.05) is 0 Å². The number of hydrogen-bond acceptors (Lipinski definition) is 1. The summed E-state index contributed by atoms with van der Waals surface area (Å²) in [7, 11) is 0. The third kappa shape index (κ3) is 5.88. The van der Waals surface area contributed by atoms with Crippen molar-refractivity contribution in [3.8, 4) is 0 Å². The van der Waals surface area contributed by atoms with Crippen LogP contribution in [0.15, 0.2) is 54.6 Å². The first-order valence-corrected chi connectivity index (χ1v) is 11.1. The highest BCUT2D eigenvalue weighted by Crippen LogP contribution is 2.38. The Morgan fingerprint density at radius 1 is 0.897 bits per heavy atom. The average Bonchev–Trinajstić information content (AvgIpc) is 3.07. The topological polar surface area (TPSA) is 3.24 Å². The fourth-order valence-electron chi connectivity index (χ4n) is 4.63. The van der Waals surface area contributed by atoms with Crippen LogP contribution in [0.25, 0.3) is 0 Å². The highest BCUT2D eigenvalue weighted by molar-refractivity contribution is 5.27. The average molecular weight is 400 g/mol. The van der Waals surface area contributed by atoms with Crippen LogP contribution in [0.2, 0.25) is 0 Å². The van der Waals surface area contributed by atoms with Crippen molar-refractivity contribution in [3.63, 3.8) is 0 Å². The van der Waals surface area contributed by atoms with Gasteiger partial charge in [-0.2, -0.15) is 0 Å². The van der Waals surface area contributed by atoms with E-state index in [9.17, 15) is 8.78 Å². The van der Waals surface area contributed by atoms with Crippen molar-refractivity contribution in [2.45, 2.75) is 89.8 Å². The second-order valence-corrected chi connectivity index (χ2v) is 8.79. The predicted molar refractivity (Wildman–Crippen MR) is 118 cm³/mol. The Balaban J connectivity index is 1.59. The number of benzene rings is 2. The summed E-state index contributed by atoms with van der Waals surface area (Å²) in [6, 6.07) is 20.2. The van der Waals surface area contributed by atoms with Gasteiger partial charge in [-0.3, -0.25) is 4.90 Å². The van der Waals surface area contributed by atoms with Crippen LogP contribution in [-0.2, 0) is 13.0 Å². The Labute approximate surface area is 175 Å². The number of halogens is 2. The summed E-state index contributed by atoms with van der Waals surface area (Å²) < 4.78 is 27.0. The molecule has 1 nitrogen and oxygen atoms in total. The molecule has 158 valence electrons. The van der Waals surface area contributed by atoms with E-state index in [0.717, 1.165) is 31.4 Å². The molecule has 3 unspecified atom stereocenters. The van der Waals surface area contributed by atoms with Crippen LogP contribution in [0.4, 0.5) is 8.78 Å². The lowest BCUT2D eigenvalue weighted by Gasteiger charge is -2.35. The van der Waals surface area contributed by atoms with Gasteiger partial charge < -0.3 is 0 Å². The van der Waals surface area contributed by atoms with Gasteiger partial charge in [0, 0.05) is 18.6 Å². The zero-order chi connectivity index (χ0) is 20.8. The monoisotopic (exact) mass is 399 g/mol. The number of aryl methyl sites for hydroxylation is 1. The summed E-state index contributed by atoms with van der Waals surface area (Å²) >= 11 is 0. The van der Waals surface area contributed by atoms with Gasteiger partial charge in [0.05, 0.1) is 0 Å². The molecule has 0 amide bonds. The minimum Gasteiger partial charge on any atom is -0.294 e. The Bertz CT molecular complexity index is 718. The molecule has 0 spiro atoms. The molecule has 0 aliphatic heterocycles. The first-order chi connectivity index (χ1) is 14.0. The van der Waals surface area contributed by atoms with Crippen molar-refractivity contribution in [2.24, 2.45) is 0 Å². The molecule has 0 N–H and O–H groups in total. The minimum absolute atomic E-state index is 0.0275. The standard InChI is InChI=1S/C26H35F2N/c1-4-24(29(19(2)3)18-21-8-6-5-7-9-21)15-12-20-10-13-22(14-11-20)23-16-25(27)26(28)17-23/h5-11,13-14,19,23-26H,4,12,15-18H2,1-3H3. The summed E-state index contributed by atoms with van der Waals surface area (Å²) in [6.45, 7) is 7.80. The molecule has 3 heteroatoms. The van der Waals surface area contributed by atoms with Crippen LogP contribution in [0.5, 0.6) is 0 Å². The Hall–Kier alpha value is -1.74. The normalized spacial score (nSPS) is 23.1. The predicted octanol–water partition coefficient (Wildman–Crippen LogP) is 6.86. The van der Waals surface area contributed by atoms with Crippen LogP contribution in [0.1, 0.15) is 69.1 Å². The van der Waals surface area contributed by atoms with E-state index in [1.807, 2.05) is 0 Å². The minimum atomic E-state index is -1.29. The Morgan fingerprint density at radius 3 is 2.07 bits per heavy atom. The molecule has 2 aromatic rings. The molecule has 0 aromatic heterocycles. The Kier molecular flexibility index (Phi) is 7.83. The maximum Gasteiger partial charge on any atom is 0.132 e. The molecule has 1 saturated carbocycles. The molecule has 0 radical (unpaired) electrons. The first-order valence-electron chi connectivity index (χ1n) is 11.1. The van der Waals surface area contributed by atoms with E-state index in [4.69, 9.17) is 0 Å². The van der Waals surface area contributed by atoms with Crippen LogP contribution in [0.3, 0.4) is 0 Å². The van der Waals surface area contributed by atoms with Crippen molar-refractivity contribution < 1.29 is 8.78 Å². The van der Waals surface area contributed by atoms with E-state index in [-0.39, 0.29) is 5.92 Å². The molecular formula is C26H35F2N. The number of nitrogens with zero attached hydrogens (tertiary/aromatic N) is 1. The molecule has 0 bridgehead atoms. The molecule has 29 heavy (non-hydrogen) atoms. The van der Waals surface area contributed by atoms with E-state index in [1.165, 1.54) is 11.1 Å².